The van der Waals surface area contributed by atoms with Crippen LogP contribution in [0.3, 0.4) is 0 Å². The number of pyridine rings is 1. The molecule has 0 amide bonds. The summed E-state index contributed by atoms with van der Waals surface area (Å²) in [5.41, 5.74) is 1.92. The lowest BCUT2D eigenvalue weighted by Crippen LogP contribution is -2.35. The van der Waals surface area contributed by atoms with Crippen LogP contribution in [-0.2, 0) is 6.54 Å². The van der Waals surface area contributed by atoms with E-state index in [-0.39, 0.29) is 12.1 Å². The number of aromatic nitrogens is 1. The zero-order valence-corrected chi connectivity index (χ0v) is 13.3. The molecule has 21 heavy (non-hydrogen) atoms. The molecule has 3 nitrogen and oxygen atoms in total. The van der Waals surface area contributed by atoms with Crippen LogP contribution < -0.4 is 10.2 Å². The van der Waals surface area contributed by atoms with Crippen molar-refractivity contribution in [1.29, 1.82) is 0 Å². The van der Waals surface area contributed by atoms with Gasteiger partial charge in [0, 0.05) is 31.9 Å². The van der Waals surface area contributed by atoms with Gasteiger partial charge in [-0.1, -0.05) is 0 Å². The Morgan fingerprint density at radius 3 is 2.33 bits per heavy atom. The van der Waals surface area contributed by atoms with E-state index < -0.39 is 12.6 Å². The fourth-order valence-electron chi connectivity index (χ4n) is 1.89. The van der Waals surface area contributed by atoms with Gasteiger partial charge < -0.3 is 10.2 Å². The summed E-state index contributed by atoms with van der Waals surface area (Å²) in [6.07, 6.45) is -3.26. The van der Waals surface area contributed by atoms with Crippen molar-refractivity contribution in [2.75, 3.05) is 18.5 Å². The Kier molecular flexibility index (Phi) is 5.61. The first kappa shape index (κ1) is 17.8. The third kappa shape index (κ3) is 6.80. The molecule has 0 fully saturated rings. The summed E-state index contributed by atoms with van der Waals surface area (Å²) in [6, 6.07) is 1.96. The van der Waals surface area contributed by atoms with Crippen molar-refractivity contribution in [2.24, 2.45) is 0 Å². The van der Waals surface area contributed by atoms with E-state index in [2.05, 4.69) is 31.1 Å². The minimum atomic E-state index is -4.14. The Labute approximate surface area is 124 Å². The van der Waals surface area contributed by atoms with Crippen LogP contribution in [0.15, 0.2) is 12.3 Å². The summed E-state index contributed by atoms with van der Waals surface area (Å²) in [6.45, 7) is 8.69. The van der Waals surface area contributed by atoms with Crippen molar-refractivity contribution in [1.82, 2.24) is 10.3 Å². The molecule has 0 atom stereocenters. The highest BCUT2D eigenvalue weighted by atomic mass is 19.4. The Morgan fingerprint density at radius 2 is 1.86 bits per heavy atom. The molecular formula is C15H24F3N3. The fourth-order valence-corrected chi connectivity index (χ4v) is 1.89. The summed E-state index contributed by atoms with van der Waals surface area (Å²) in [5, 5.41) is 3.36. The molecule has 0 spiro atoms. The van der Waals surface area contributed by atoms with Crippen LogP contribution in [-0.4, -0.2) is 30.3 Å². The SMILES string of the molecule is Cc1cc(CNC(C)(C)C)cnc1N(C)CCC(F)(F)F. The maximum Gasteiger partial charge on any atom is 0.390 e. The molecule has 0 bridgehead atoms. The summed E-state index contributed by atoms with van der Waals surface area (Å²) in [5.74, 6) is 0.596. The highest BCUT2D eigenvalue weighted by Crippen LogP contribution is 2.22. The van der Waals surface area contributed by atoms with Crippen LogP contribution in [0.4, 0.5) is 19.0 Å². The maximum atomic E-state index is 12.3. The van der Waals surface area contributed by atoms with E-state index >= 15 is 0 Å². The van der Waals surface area contributed by atoms with Gasteiger partial charge >= 0.3 is 6.18 Å². The number of rotatable bonds is 5. The molecule has 1 rings (SSSR count). The second-order valence-corrected chi connectivity index (χ2v) is 6.37. The Balaban J connectivity index is 2.69. The van der Waals surface area contributed by atoms with Crippen LogP contribution in [0.5, 0.6) is 0 Å². The number of aryl methyl sites for hydroxylation is 1. The minimum Gasteiger partial charge on any atom is -0.359 e. The largest absolute Gasteiger partial charge is 0.390 e. The summed E-state index contributed by atoms with van der Waals surface area (Å²) in [4.78, 5) is 5.84. The minimum absolute atomic E-state index is 0.01000. The van der Waals surface area contributed by atoms with Gasteiger partial charge in [-0.05, 0) is 44.9 Å². The zero-order valence-electron chi connectivity index (χ0n) is 13.3. The van der Waals surface area contributed by atoms with Gasteiger partial charge in [0.2, 0.25) is 0 Å². The zero-order chi connectivity index (χ0) is 16.3. The molecule has 0 aliphatic heterocycles. The first-order chi connectivity index (χ1) is 9.48. The van der Waals surface area contributed by atoms with Crippen molar-refractivity contribution in [3.8, 4) is 0 Å². The average Bonchev–Trinajstić information content (AvgIpc) is 2.32. The van der Waals surface area contributed by atoms with Crippen LogP contribution in [0.2, 0.25) is 0 Å². The third-order valence-electron chi connectivity index (χ3n) is 3.02. The molecule has 0 saturated heterocycles. The topological polar surface area (TPSA) is 28.2 Å². The highest BCUT2D eigenvalue weighted by molar-refractivity contribution is 5.46. The summed E-state index contributed by atoms with van der Waals surface area (Å²) in [7, 11) is 1.63. The third-order valence-corrected chi connectivity index (χ3v) is 3.02. The molecule has 0 radical (unpaired) electrons. The fraction of sp³-hybridized carbons (Fsp3) is 0.667. The molecule has 120 valence electrons. The van der Waals surface area contributed by atoms with Crippen LogP contribution in [0.1, 0.15) is 38.3 Å². The van der Waals surface area contributed by atoms with Gasteiger partial charge in [0.1, 0.15) is 5.82 Å². The van der Waals surface area contributed by atoms with E-state index in [4.69, 9.17) is 0 Å². The molecule has 1 aromatic heterocycles. The molecule has 1 aromatic rings. The van der Waals surface area contributed by atoms with Gasteiger partial charge in [0.15, 0.2) is 0 Å². The number of nitrogens with one attached hydrogen (secondary N) is 1. The lowest BCUT2D eigenvalue weighted by atomic mass is 10.1. The second kappa shape index (κ2) is 6.64. The van der Waals surface area contributed by atoms with Gasteiger partial charge in [-0.15, -0.1) is 0 Å². The van der Waals surface area contributed by atoms with Crippen molar-refractivity contribution < 1.29 is 13.2 Å². The first-order valence-corrected chi connectivity index (χ1v) is 6.96. The molecule has 0 unspecified atom stereocenters. The molecular weight excluding hydrogens is 279 g/mol. The van der Waals surface area contributed by atoms with Gasteiger partial charge in [-0.2, -0.15) is 13.2 Å². The number of nitrogens with zero attached hydrogens (tertiary/aromatic N) is 2. The highest BCUT2D eigenvalue weighted by Gasteiger charge is 2.27. The van der Waals surface area contributed by atoms with Crippen molar-refractivity contribution in [3.05, 3.63) is 23.4 Å². The average molecular weight is 303 g/mol. The van der Waals surface area contributed by atoms with Crippen molar-refractivity contribution >= 4 is 5.82 Å². The monoisotopic (exact) mass is 303 g/mol. The van der Waals surface area contributed by atoms with Crippen molar-refractivity contribution in [3.63, 3.8) is 0 Å². The smallest absolute Gasteiger partial charge is 0.359 e. The Hall–Kier alpha value is -1.30. The standard InChI is InChI=1S/C15H24F3N3/c1-11-8-12(10-20-14(2,3)4)9-19-13(11)21(5)7-6-15(16,17)18/h8-9,20H,6-7,10H2,1-5H3. The second-order valence-electron chi connectivity index (χ2n) is 6.37. The van der Waals surface area contributed by atoms with E-state index in [0.717, 1.165) is 11.1 Å². The van der Waals surface area contributed by atoms with E-state index in [1.807, 2.05) is 13.0 Å². The number of hydrogen-bond donors (Lipinski definition) is 1. The number of halogens is 3. The lowest BCUT2D eigenvalue weighted by Gasteiger charge is -2.23. The molecule has 0 aromatic carbocycles. The lowest BCUT2D eigenvalue weighted by molar-refractivity contribution is -0.132. The molecule has 6 heteroatoms. The number of anilines is 1. The molecule has 1 heterocycles. The predicted octanol–water partition coefficient (Wildman–Crippen LogP) is 3.67. The van der Waals surface area contributed by atoms with E-state index in [1.165, 1.54) is 0 Å². The molecule has 0 aliphatic rings. The van der Waals surface area contributed by atoms with E-state index in [0.29, 0.717) is 12.4 Å². The van der Waals surface area contributed by atoms with Gasteiger partial charge in [0.25, 0.3) is 0 Å². The maximum absolute atomic E-state index is 12.3. The van der Waals surface area contributed by atoms with Crippen molar-refractivity contribution in [2.45, 2.75) is 52.4 Å². The molecule has 1 N–H and O–H groups in total. The summed E-state index contributed by atoms with van der Waals surface area (Å²) >= 11 is 0. The van der Waals surface area contributed by atoms with Gasteiger partial charge in [-0.3, -0.25) is 0 Å². The first-order valence-electron chi connectivity index (χ1n) is 6.96. The molecule has 0 aliphatic carbocycles. The van der Waals surface area contributed by atoms with E-state index in [1.54, 1.807) is 18.1 Å². The quantitative estimate of drug-likeness (QED) is 0.899. The Morgan fingerprint density at radius 1 is 1.24 bits per heavy atom. The molecule has 0 saturated carbocycles. The Bertz CT molecular complexity index is 464. The van der Waals surface area contributed by atoms with Gasteiger partial charge in [-0.25, -0.2) is 4.98 Å². The number of alkyl halides is 3. The van der Waals surface area contributed by atoms with E-state index in [9.17, 15) is 13.2 Å². The summed E-state index contributed by atoms with van der Waals surface area (Å²) < 4.78 is 36.8. The van der Waals surface area contributed by atoms with Crippen LogP contribution in [0, 0.1) is 6.92 Å². The van der Waals surface area contributed by atoms with Crippen LogP contribution in [0.25, 0.3) is 0 Å². The predicted molar refractivity (Wildman–Crippen MR) is 79.5 cm³/mol. The number of hydrogen-bond acceptors (Lipinski definition) is 3. The normalized spacial score (nSPS) is 12.6. The van der Waals surface area contributed by atoms with Gasteiger partial charge in [0.05, 0.1) is 6.42 Å². The van der Waals surface area contributed by atoms with Crippen LogP contribution >= 0.6 is 0 Å².